The summed E-state index contributed by atoms with van der Waals surface area (Å²) >= 11 is 0. The van der Waals surface area contributed by atoms with Gasteiger partial charge in [-0.25, -0.2) is 0 Å². The van der Waals surface area contributed by atoms with Crippen LogP contribution in [-0.4, -0.2) is 22.8 Å². The first kappa shape index (κ1) is 31.7. The molecule has 1 N–H and O–H groups in total. The summed E-state index contributed by atoms with van der Waals surface area (Å²) in [6.45, 7) is 12.7. The molecule has 2 unspecified atom stereocenters. The summed E-state index contributed by atoms with van der Waals surface area (Å²) in [7, 11) is 0. The van der Waals surface area contributed by atoms with Crippen molar-refractivity contribution >= 4 is 5.97 Å². The lowest BCUT2D eigenvalue weighted by molar-refractivity contribution is -0.157. The average molecular weight is 489 g/mol. The molecule has 202 valence electrons. The highest BCUT2D eigenvalue weighted by atomic mass is 16.6. The minimum Gasteiger partial charge on any atom is -0.459 e. The maximum atomic E-state index is 12.8. The van der Waals surface area contributed by atoms with Crippen molar-refractivity contribution in [3.8, 4) is 0 Å². The Kier molecular flexibility index (Phi) is 15.5. The van der Waals surface area contributed by atoms with Crippen LogP contribution >= 0.6 is 0 Å². The highest BCUT2D eigenvalue weighted by Gasteiger charge is 2.27. The van der Waals surface area contributed by atoms with Crippen LogP contribution in [0.4, 0.5) is 0 Å². The molecule has 0 bridgehead atoms. The van der Waals surface area contributed by atoms with Crippen LogP contribution in [0.3, 0.4) is 0 Å². The molecule has 2 atom stereocenters. The highest BCUT2D eigenvalue weighted by molar-refractivity contribution is 5.78. The Morgan fingerprint density at radius 2 is 1.20 bits per heavy atom. The van der Waals surface area contributed by atoms with E-state index in [1.165, 1.54) is 70.6 Å². The van der Waals surface area contributed by atoms with Gasteiger partial charge in [-0.15, -0.1) is 0 Å². The van der Waals surface area contributed by atoms with Gasteiger partial charge < -0.3 is 9.84 Å². The SMILES string of the molecule is CC(C)(C)CCCCCCCCCCCCCC(O)CCC(C(=O)OC(C)(C)C)c1ccccc1. The van der Waals surface area contributed by atoms with Crippen molar-refractivity contribution in [2.75, 3.05) is 0 Å². The van der Waals surface area contributed by atoms with Crippen LogP contribution in [0.2, 0.25) is 0 Å². The normalized spacial score (nSPS) is 14.0. The molecule has 0 aliphatic rings. The maximum Gasteiger partial charge on any atom is 0.313 e. The zero-order valence-electron chi connectivity index (χ0n) is 23.9. The van der Waals surface area contributed by atoms with E-state index in [0.29, 0.717) is 18.3 Å². The maximum absolute atomic E-state index is 12.8. The Labute approximate surface area is 217 Å². The number of aliphatic hydroxyl groups is 1. The van der Waals surface area contributed by atoms with Gasteiger partial charge in [0.1, 0.15) is 5.60 Å². The zero-order valence-corrected chi connectivity index (χ0v) is 23.9. The second kappa shape index (κ2) is 17.2. The molecule has 0 aliphatic carbocycles. The molecule has 0 saturated heterocycles. The Hall–Kier alpha value is -1.35. The van der Waals surface area contributed by atoms with Gasteiger partial charge in [0.2, 0.25) is 0 Å². The first-order valence-corrected chi connectivity index (χ1v) is 14.4. The molecule has 35 heavy (non-hydrogen) atoms. The molecular weight excluding hydrogens is 432 g/mol. The van der Waals surface area contributed by atoms with Crippen LogP contribution in [0.1, 0.15) is 149 Å². The Morgan fingerprint density at radius 1 is 0.714 bits per heavy atom. The van der Waals surface area contributed by atoms with E-state index in [9.17, 15) is 9.90 Å². The standard InChI is InChI=1S/C32H56O3/c1-31(2,3)26-20-15-13-11-9-7-8-10-12-14-19-23-28(33)24-25-29(27-21-17-16-18-22-27)30(34)35-32(4,5)6/h16-18,21-22,28-29,33H,7-15,19-20,23-26H2,1-6H3. The quantitative estimate of drug-likeness (QED) is 0.165. The summed E-state index contributed by atoms with van der Waals surface area (Å²) in [6, 6.07) is 9.83. The predicted octanol–water partition coefficient (Wildman–Crippen LogP) is 9.37. The van der Waals surface area contributed by atoms with Crippen LogP contribution in [-0.2, 0) is 9.53 Å². The smallest absolute Gasteiger partial charge is 0.313 e. The lowest BCUT2D eigenvalue weighted by atomic mass is 9.89. The van der Waals surface area contributed by atoms with Crippen molar-refractivity contribution in [3.05, 3.63) is 35.9 Å². The number of hydrogen-bond acceptors (Lipinski definition) is 3. The number of hydrogen-bond donors (Lipinski definition) is 1. The molecule has 0 aromatic heterocycles. The monoisotopic (exact) mass is 488 g/mol. The third-order valence-electron chi connectivity index (χ3n) is 6.65. The zero-order chi connectivity index (χ0) is 26.2. The van der Waals surface area contributed by atoms with Gasteiger partial charge in [0.15, 0.2) is 0 Å². The van der Waals surface area contributed by atoms with Gasteiger partial charge >= 0.3 is 5.97 Å². The van der Waals surface area contributed by atoms with E-state index in [-0.39, 0.29) is 18.0 Å². The lowest BCUT2D eigenvalue weighted by Gasteiger charge is -2.25. The Bertz CT molecular complexity index is 654. The molecule has 0 fully saturated rings. The van der Waals surface area contributed by atoms with Gasteiger partial charge in [-0.3, -0.25) is 4.79 Å². The first-order chi connectivity index (χ1) is 16.5. The lowest BCUT2D eigenvalue weighted by Crippen LogP contribution is -2.28. The Balaban J connectivity index is 2.12. The average Bonchev–Trinajstić information content (AvgIpc) is 2.76. The number of carbonyl (C=O) groups excluding carboxylic acids is 1. The van der Waals surface area contributed by atoms with Gasteiger partial charge in [-0.05, 0) is 57.4 Å². The van der Waals surface area contributed by atoms with Crippen molar-refractivity contribution in [1.29, 1.82) is 0 Å². The molecule has 0 amide bonds. The third-order valence-corrected chi connectivity index (χ3v) is 6.65. The van der Waals surface area contributed by atoms with Gasteiger partial charge in [-0.1, -0.05) is 122 Å². The summed E-state index contributed by atoms with van der Waals surface area (Å²) in [5.41, 5.74) is 0.953. The van der Waals surface area contributed by atoms with Crippen LogP contribution < -0.4 is 0 Å². The topological polar surface area (TPSA) is 46.5 Å². The number of esters is 1. The summed E-state index contributed by atoms with van der Waals surface area (Å²) in [4.78, 5) is 12.8. The molecular formula is C32H56O3. The summed E-state index contributed by atoms with van der Waals surface area (Å²) < 4.78 is 5.66. The largest absolute Gasteiger partial charge is 0.459 e. The van der Waals surface area contributed by atoms with E-state index in [0.717, 1.165) is 18.4 Å². The molecule has 0 saturated carbocycles. The van der Waals surface area contributed by atoms with Crippen molar-refractivity contribution in [2.24, 2.45) is 5.41 Å². The molecule has 0 heterocycles. The van der Waals surface area contributed by atoms with Crippen molar-refractivity contribution in [2.45, 2.75) is 155 Å². The molecule has 0 spiro atoms. The molecule has 0 aliphatic heterocycles. The summed E-state index contributed by atoms with van der Waals surface area (Å²) in [5, 5.41) is 10.5. The molecule has 3 heteroatoms. The number of ether oxygens (including phenoxy) is 1. The fraction of sp³-hybridized carbons (Fsp3) is 0.781. The van der Waals surface area contributed by atoms with E-state index in [1.54, 1.807) is 0 Å². The predicted molar refractivity (Wildman–Crippen MR) is 150 cm³/mol. The summed E-state index contributed by atoms with van der Waals surface area (Å²) in [5.74, 6) is -0.510. The number of unbranched alkanes of at least 4 members (excludes halogenated alkanes) is 10. The number of aliphatic hydroxyl groups excluding tert-OH is 1. The third kappa shape index (κ3) is 17.7. The van der Waals surface area contributed by atoms with Gasteiger partial charge in [0.05, 0.1) is 12.0 Å². The molecule has 3 nitrogen and oxygen atoms in total. The van der Waals surface area contributed by atoms with Crippen LogP contribution in [0, 0.1) is 5.41 Å². The fourth-order valence-corrected chi connectivity index (χ4v) is 4.61. The van der Waals surface area contributed by atoms with Crippen LogP contribution in [0.25, 0.3) is 0 Å². The van der Waals surface area contributed by atoms with Gasteiger partial charge in [0.25, 0.3) is 0 Å². The first-order valence-electron chi connectivity index (χ1n) is 14.4. The van der Waals surface area contributed by atoms with Crippen molar-refractivity contribution < 1.29 is 14.6 Å². The van der Waals surface area contributed by atoms with Crippen LogP contribution in [0.15, 0.2) is 30.3 Å². The number of benzene rings is 1. The molecule has 0 radical (unpaired) electrons. The van der Waals surface area contributed by atoms with E-state index in [4.69, 9.17) is 4.74 Å². The minimum absolute atomic E-state index is 0.194. The van der Waals surface area contributed by atoms with E-state index >= 15 is 0 Å². The Morgan fingerprint density at radius 3 is 1.69 bits per heavy atom. The van der Waals surface area contributed by atoms with E-state index in [2.05, 4.69) is 20.8 Å². The second-order valence-electron chi connectivity index (χ2n) is 12.7. The fourth-order valence-electron chi connectivity index (χ4n) is 4.61. The number of rotatable bonds is 18. The van der Waals surface area contributed by atoms with E-state index < -0.39 is 5.60 Å². The van der Waals surface area contributed by atoms with Crippen LogP contribution in [0.5, 0.6) is 0 Å². The minimum atomic E-state index is -0.505. The van der Waals surface area contributed by atoms with Crippen molar-refractivity contribution in [1.82, 2.24) is 0 Å². The second-order valence-corrected chi connectivity index (χ2v) is 12.7. The highest BCUT2D eigenvalue weighted by Crippen LogP contribution is 2.27. The van der Waals surface area contributed by atoms with Crippen molar-refractivity contribution in [3.63, 3.8) is 0 Å². The van der Waals surface area contributed by atoms with Gasteiger partial charge in [-0.2, -0.15) is 0 Å². The van der Waals surface area contributed by atoms with E-state index in [1.807, 2.05) is 51.1 Å². The summed E-state index contributed by atoms with van der Waals surface area (Å²) in [6.07, 6.45) is 17.6. The molecule has 1 rings (SSSR count). The number of carbonyl (C=O) groups is 1. The molecule has 1 aromatic rings. The molecule has 1 aromatic carbocycles. The van der Waals surface area contributed by atoms with Gasteiger partial charge in [0, 0.05) is 0 Å².